The molecule has 0 bridgehead atoms. The van der Waals surface area contributed by atoms with E-state index in [1.807, 2.05) is 0 Å². The monoisotopic (exact) mass is 262 g/mol. The van der Waals surface area contributed by atoms with E-state index in [1.165, 1.54) is 13.3 Å². The smallest absolute Gasteiger partial charge is 0.340 e. The first-order valence-electron chi connectivity index (χ1n) is 5.70. The zero-order chi connectivity index (χ0) is 13.8. The molecule has 2 rings (SSSR count). The minimum absolute atomic E-state index is 0.131. The minimum atomic E-state index is -0.449. The van der Waals surface area contributed by atoms with E-state index in [2.05, 4.69) is 10.1 Å². The standard InChI is InChI=1S/C13H14N2O4/c1-8-11(9(2)19-15-8)7-18-13(16)10-4-5-12(17-3)14-6-10/h4-6H,7H2,1-3H3. The molecule has 0 spiro atoms. The Kier molecular flexibility index (Phi) is 3.79. The fraction of sp³-hybridized carbons (Fsp3) is 0.308. The average molecular weight is 262 g/mol. The van der Waals surface area contributed by atoms with Gasteiger partial charge in [-0.2, -0.15) is 0 Å². The molecule has 100 valence electrons. The predicted molar refractivity (Wildman–Crippen MR) is 65.9 cm³/mol. The SMILES string of the molecule is COc1ccc(C(=O)OCc2c(C)noc2C)cn1. The molecule has 6 nitrogen and oxygen atoms in total. The summed E-state index contributed by atoms with van der Waals surface area (Å²) in [5.74, 6) is 0.649. The molecule has 0 aliphatic heterocycles. The molecule has 2 aromatic rings. The van der Waals surface area contributed by atoms with Gasteiger partial charge in [0.15, 0.2) is 0 Å². The van der Waals surface area contributed by atoms with Crippen LogP contribution in [0.4, 0.5) is 0 Å². The van der Waals surface area contributed by atoms with E-state index in [4.69, 9.17) is 14.0 Å². The maximum Gasteiger partial charge on any atom is 0.340 e. The molecule has 0 aliphatic carbocycles. The van der Waals surface area contributed by atoms with Crippen LogP contribution in [0.15, 0.2) is 22.9 Å². The lowest BCUT2D eigenvalue weighted by Gasteiger charge is -2.04. The number of rotatable bonds is 4. The maximum absolute atomic E-state index is 11.8. The van der Waals surface area contributed by atoms with Crippen molar-refractivity contribution in [3.63, 3.8) is 0 Å². The fourth-order valence-electron chi connectivity index (χ4n) is 1.55. The first-order valence-corrected chi connectivity index (χ1v) is 5.70. The van der Waals surface area contributed by atoms with E-state index in [1.54, 1.807) is 26.0 Å². The first kappa shape index (κ1) is 13.1. The van der Waals surface area contributed by atoms with Crippen LogP contribution in [0, 0.1) is 13.8 Å². The topological polar surface area (TPSA) is 74.5 Å². The molecule has 19 heavy (non-hydrogen) atoms. The Hall–Kier alpha value is -2.37. The van der Waals surface area contributed by atoms with Gasteiger partial charge in [0.1, 0.15) is 12.4 Å². The number of hydrogen-bond acceptors (Lipinski definition) is 6. The molecule has 0 saturated carbocycles. The van der Waals surface area contributed by atoms with Gasteiger partial charge in [-0.25, -0.2) is 9.78 Å². The van der Waals surface area contributed by atoms with Crippen LogP contribution in [-0.4, -0.2) is 23.2 Å². The number of carbonyl (C=O) groups excluding carboxylic acids is 1. The van der Waals surface area contributed by atoms with Crippen LogP contribution in [0.1, 0.15) is 27.4 Å². The summed E-state index contributed by atoms with van der Waals surface area (Å²) >= 11 is 0. The summed E-state index contributed by atoms with van der Waals surface area (Å²) in [6.45, 7) is 3.71. The van der Waals surface area contributed by atoms with Gasteiger partial charge in [0.05, 0.1) is 23.9 Å². The third-order valence-electron chi connectivity index (χ3n) is 2.71. The highest BCUT2D eigenvalue weighted by Gasteiger charge is 2.13. The van der Waals surface area contributed by atoms with Crippen LogP contribution >= 0.6 is 0 Å². The minimum Gasteiger partial charge on any atom is -0.481 e. The number of pyridine rings is 1. The van der Waals surface area contributed by atoms with Crippen molar-refractivity contribution in [3.8, 4) is 5.88 Å². The van der Waals surface area contributed by atoms with Crippen LogP contribution in [0.5, 0.6) is 5.88 Å². The maximum atomic E-state index is 11.8. The number of esters is 1. The zero-order valence-electron chi connectivity index (χ0n) is 11.0. The van der Waals surface area contributed by atoms with Crippen molar-refractivity contribution < 1.29 is 18.8 Å². The molecular formula is C13H14N2O4. The highest BCUT2D eigenvalue weighted by Crippen LogP contribution is 2.15. The summed E-state index contributed by atoms with van der Waals surface area (Å²) in [4.78, 5) is 15.8. The Morgan fingerprint density at radius 3 is 2.68 bits per heavy atom. The summed E-state index contributed by atoms with van der Waals surface area (Å²) in [6.07, 6.45) is 1.41. The number of nitrogens with zero attached hydrogens (tertiary/aromatic N) is 2. The van der Waals surface area contributed by atoms with E-state index in [-0.39, 0.29) is 6.61 Å². The number of carbonyl (C=O) groups is 1. The Labute approximate surface area is 110 Å². The lowest BCUT2D eigenvalue weighted by molar-refractivity contribution is 0.0470. The molecule has 0 N–H and O–H groups in total. The molecule has 0 atom stereocenters. The van der Waals surface area contributed by atoms with Gasteiger partial charge in [0.25, 0.3) is 0 Å². The summed E-state index contributed by atoms with van der Waals surface area (Å²) in [7, 11) is 1.51. The molecule has 0 fully saturated rings. The lowest BCUT2D eigenvalue weighted by atomic mass is 10.2. The summed E-state index contributed by atoms with van der Waals surface area (Å²) < 4.78 is 15.1. The van der Waals surface area contributed by atoms with Crippen molar-refractivity contribution in [2.45, 2.75) is 20.5 Å². The van der Waals surface area contributed by atoms with Gasteiger partial charge >= 0.3 is 5.97 Å². The molecule has 0 saturated heterocycles. The largest absolute Gasteiger partial charge is 0.481 e. The molecule has 2 heterocycles. The first-order chi connectivity index (χ1) is 9.11. The summed E-state index contributed by atoms with van der Waals surface area (Å²) in [6, 6.07) is 3.20. The normalized spacial score (nSPS) is 10.3. The highest BCUT2D eigenvalue weighted by molar-refractivity contribution is 5.89. The van der Waals surface area contributed by atoms with Gasteiger partial charge < -0.3 is 14.0 Å². The van der Waals surface area contributed by atoms with E-state index in [9.17, 15) is 4.79 Å². The third-order valence-corrected chi connectivity index (χ3v) is 2.71. The van der Waals surface area contributed by atoms with Gasteiger partial charge in [-0.1, -0.05) is 5.16 Å². The van der Waals surface area contributed by atoms with Gasteiger partial charge in [0.2, 0.25) is 5.88 Å². The van der Waals surface area contributed by atoms with Gasteiger partial charge in [-0.15, -0.1) is 0 Å². The quantitative estimate of drug-likeness (QED) is 0.785. The van der Waals surface area contributed by atoms with Crippen LogP contribution < -0.4 is 4.74 Å². The second-order valence-corrected chi connectivity index (χ2v) is 3.97. The van der Waals surface area contributed by atoms with Gasteiger partial charge in [0, 0.05) is 12.3 Å². The molecule has 0 amide bonds. The summed E-state index contributed by atoms with van der Waals surface area (Å²) in [5, 5.41) is 3.79. The average Bonchev–Trinajstić information content (AvgIpc) is 2.75. The molecule has 2 aromatic heterocycles. The fourth-order valence-corrected chi connectivity index (χ4v) is 1.55. The second-order valence-electron chi connectivity index (χ2n) is 3.97. The molecule has 0 aliphatic rings. The van der Waals surface area contributed by atoms with Crippen LogP contribution in [0.25, 0.3) is 0 Å². The zero-order valence-corrected chi connectivity index (χ0v) is 11.0. The van der Waals surface area contributed by atoms with Crippen molar-refractivity contribution >= 4 is 5.97 Å². The van der Waals surface area contributed by atoms with Gasteiger partial charge in [-0.3, -0.25) is 0 Å². The van der Waals surface area contributed by atoms with Crippen LogP contribution in [-0.2, 0) is 11.3 Å². The van der Waals surface area contributed by atoms with Crippen LogP contribution in [0.3, 0.4) is 0 Å². The second kappa shape index (κ2) is 5.51. The number of aryl methyl sites for hydroxylation is 2. The van der Waals surface area contributed by atoms with Crippen molar-refractivity contribution in [3.05, 3.63) is 40.9 Å². The lowest BCUT2D eigenvalue weighted by Crippen LogP contribution is -2.06. The van der Waals surface area contributed by atoms with E-state index < -0.39 is 5.97 Å². The Morgan fingerprint density at radius 1 is 1.37 bits per heavy atom. The van der Waals surface area contributed by atoms with Crippen molar-refractivity contribution in [2.24, 2.45) is 0 Å². The highest BCUT2D eigenvalue weighted by atomic mass is 16.5. The third kappa shape index (κ3) is 2.90. The van der Waals surface area contributed by atoms with Crippen molar-refractivity contribution in [2.75, 3.05) is 7.11 Å². The van der Waals surface area contributed by atoms with Crippen molar-refractivity contribution in [1.29, 1.82) is 0 Å². The van der Waals surface area contributed by atoms with E-state index in [0.29, 0.717) is 17.2 Å². The predicted octanol–water partition coefficient (Wildman–Crippen LogP) is 2.05. The van der Waals surface area contributed by atoms with Crippen molar-refractivity contribution in [1.82, 2.24) is 10.1 Å². The number of ether oxygens (including phenoxy) is 2. The number of aromatic nitrogens is 2. The van der Waals surface area contributed by atoms with Crippen LogP contribution in [0.2, 0.25) is 0 Å². The molecule has 0 unspecified atom stereocenters. The molecule has 0 aromatic carbocycles. The molecule has 6 heteroatoms. The number of methoxy groups -OCH3 is 1. The van der Waals surface area contributed by atoms with E-state index in [0.717, 1.165) is 11.3 Å². The Balaban J connectivity index is 2.01. The Morgan fingerprint density at radius 2 is 2.16 bits per heavy atom. The number of hydrogen-bond donors (Lipinski definition) is 0. The Bertz CT molecular complexity index is 555. The van der Waals surface area contributed by atoms with Gasteiger partial charge in [-0.05, 0) is 19.9 Å². The van der Waals surface area contributed by atoms with E-state index >= 15 is 0 Å². The molecule has 0 radical (unpaired) electrons. The molecular weight excluding hydrogens is 248 g/mol. The summed E-state index contributed by atoms with van der Waals surface area (Å²) in [5.41, 5.74) is 1.88.